The fourth-order valence-electron chi connectivity index (χ4n) is 2.93. The number of carbonyl (C=O) groups is 1. The topological polar surface area (TPSA) is 63.4 Å². The van der Waals surface area contributed by atoms with Gasteiger partial charge in [0.2, 0.25) is 11.1 Å². The van der Waals surface area contributed by atoms with Gasteiger partial charge in [0.15, 0.2) is 0 Å². The predicted octanol–water partition coefficient (Wildman–Crippen LogP) is 3.28. The molecule has 26 heavy (non-hydrogen) atoms. The van der Waals surface area contributed by atoms with Gasteiger partial charge in [0.05, 0.1) is 11.4 Å². The Bertz CT molecular complexity index is 1000. The number of carbonyl (C=O) groups excluding carboxylic acids is 1. The van der Waals surface area contributed by atoms with Crippen molar-refractivity contribution in [3.05, 3.63) is 41.2 Å². The largest absolute Gasteiger partial charge is 0.310 e. The third-order valence-corrected chi connectivity index (χ3v) is 6.46. The van der Waals surface area contributed by atoms with Gasteiger partial charge < -0.3 is 4.90 Å². The van der Waals surface area contributed by atoms with Gasteiger partial charge in [-0.2, -0.15) is 4.98 Å². The zero-order chi connectivity index (χ0) is 18.3. The summed E-state index contributed by atoms with van der Waals surface area (Å²) in [4.78, 5) is 24.7. The molecule has 0 aliphatic carbocycles. The van der Waals surface area contributed by atoms with E-state index in [4.69, 9.17) is 0 Å². The highest BCUT2D eigenvalue weighted by Crippen LogP contribution is 2.34. The van der Waals surface area contributed by atoms with E-state index in [9.17, 15) is 4.79 Å². The maximum Gasteiger partial charge on any atom is 0.253 e. The number of aromatic nitrogens is 4. The van der Waals surface area contributed by atoms with E-state index in [2.05, 4.69) is 21.1 Å². The summed E-state index contributed by atoms with van der Waals surface area (Å²) in [6.45, 7) is 6.74. The monoisotopic (exact) mass is 385 g/mol. The molecule has 0 fully saturated rings. The second kappa shape index (κ2) is 6.92. The molecule has 0 atom stereocenters. The molecule has 0 radical (unpaired) electrons. The maximum absolute atomic E-state index is 12.7. The van der Waals surface area contributed by atoms with Crippen molar-refractivity contribution in [3.8, 4) is 0 Å². The first-order valence-electron chi connectivity index (χ1n) is 8.40. The van der Waals surface area contributed by atoms with Crippen LogP contribution in [0.4, 0.5) is 5.69 Å². The van der Waals surface area contributed by atoms with Gasteiger partial charge in [-0.25, -0.2) is 9.50 Å². The molecule has 4 rings (SSSR count). The lowest BCUT2D eigenvalue weighted by molar-refractivity contribution is -0.116. The van der Waals surface area contributed by atoms with Crippen molar-refractivity contribution in [2.75, 3.05) is 23.0 Å². The summed E-state index contributed by atoms with van der Waals surface area (Å²) in [7, 11) is 0. The normalized spacial score (nSPS) is 13.9. The summed E-state index contributed by atoms with van der Waals surface area (Å²) < 4.78 is 1.75. The van der Waals surface area contributed by atoms with Gasteiger partial charge in [-0.15, -0.1) is 16.9 Å². The third kappa shape index (κ3) is 3.07. The van der Waals surface area contributed by atoms with Crippen LogP contribution in [0.3, 0.4) is 0 Å². The Morgan fingerprint density at radius 1 is 1.23 bits per heavy atom. The first-order valence-corrected chi connectivity index (χ1v) is 10.4. The Labute approximate surface area is 160 Å². The van der Waals surface area contributed by atoms with Crippen LogP contribution in [0.25, 0.3) is 5.78 Å². The molecule has 2 aromatic heterocycles. The molecule has 0 unspecified atom stereocenters. The van der Waals surface area contributed by atoms with Crippen LogP contribution in [0.2, 0.25) is 0 Å². The lowest BCUT2D eigenvalue weighted by Gasteiger charge is -2.28. The number of amides is 1. The molecule has 134 valence electrons. The van der Waals surface area contributed by atoms with Gasteiger partial charge in [0, 0.05) is 28.6 Å². The molecule has 1 amide bonds. The molecule has 3 aromatic rings. The number of rotatable bonds is 3. The van der Waals surface area contributed by atoms with Crippen LogP contribution in [0, 0.1) is 20.8 Å². The number of anilines is 1. The summed E-state index contributed by atoms with van der Waals surface area (Å²) in [5, 5.41) is 5.09. The Morgan fingerprint density at radius 2 is 2.04 bits per heavy atom. The lowest BCUT2D eigenvalue weighted by atomic mass is 10.2. The SMILES string of the molecule is Cc1nc2nc(SCC(=O)N3CCSc4ccccc43)nn2c(C)c1C. The van der Waals surface area contributed by atoms with E-state index in [1.807, 2.05) is 43.9 Å². The molecule has 0 saturated carbocycles. The van der Waals surface area contributed by atoms with Crippen LogP contribution < -0.4 is 4.90 Å². The van der Waals surface area contributed by atoms with E-state index in [0.29, 0.717) is 16.7 Å². The molecular weight excluding hydrogens is 366 g/mol. The molecule has 0 saturated heterocycles. The van der Waals surface area contributed by atoms with Crippen molar-refractivity contribution in [3.63, 3.8) is 0 Å². The van der Waals surface area contributed by atoms with Crippen molar-refractivity contribution >= 4 is 40.9 Å². The van der Waals surface area contributed by atoms with E-state index in [0.717, 1.165) is 39.8 Å². The van der Waals surface area contributed by atoms with Gasteiger partial charge in [-0.3, -0.25) is 4.79 Å². The van der Waals surface area contributed by atoms with E-state index >= 15 is 0 Å². The van der Waals surface area contributed by atoms with Crippen molar-refractivity contribution in [2.24, 2.45) is 0 Å². The molecule has 6 nitrogen and oxygen atoms in total. The van der Waals surface area contributed by atoms with Crippen molar-refractivity contribution < 1.29 is 4.79 Å². The number of thioether (sulfide) groups is 2. The van der Waals surface area contributed by atoms with Crippen LogP contribution in [-0.4, -0.2) is 43.5 Å². The van der Waals surface area contributed by atoms with Crippen LogP contribution in [0.5, 0.6) is 0 Å². The second-order valence-corrected chi connectivity index (χ2v) is 8.24. The second-order valence-electron chi connectivity index (χ2n) is 6.16. The van der Waals surface area contributed by atoms with Gasteiger partial charge in [-0.1, -0.05) is 23.9 Å². The van der Waals surface area contributed by atoms with Crippen LogP contribution >= 0.6 is 23.5 Å². The number of benzene rings is 1. The highest BCUT2D eigenvalue weighted by atomic mass is 32.2. The zero-order valence-corrected chi connectivity index (χ0v) is 16.5. The average Bonchev–Trinajstić information content (AvgIpc) is 3.07. The number of para-hydroxylation sites is 1. The molecule has 0 bridgehead atoms. The molecule has 1 aliphatic heterocycles. The van der Waals surface area contributed by atoms with Crippen molar-refractivity contribution in [1.82, 2.24) is 19.6 Å². The molecule has 1 aliphatic rings. The van der Waals surface area contributed by atoms with Gasteiger partial charge in [0.1, 0.15) is 0 Å². The molecule has 0 spiro atoms. The minimum Gasteiger partial charge on any atom is -0.310 e. The first kappa shape index (κ1) is 17.4. The zero-order valence-electron chi connectivity index (χ0n) is 14.9. The fourth-order valence-corrected chi connectivity index (χ4v) is 4.62. The Balaban J connectivity index is 1.52. The predicted molar refractivity (Wildman–Crippen MR) is 105 cm³/mol. The van der Waals surface area contributed by atoms with E-state index < -0.39 is 0 Å². The standard InChI is InChI=1S/C18H19N5OS2/c1-11-12(2)19-17-20-18(21-23(17)13(11)3)26-10-16(24)22-8-9-25-15-7-5-4-6-14(15)22/h4-7H,8-10H2,1-3H3. The summed E-state index contributed by atoms with van der Waals surface area (Å²) in [5.74, 6) is 1.90. The van der Waals surface area contributed by atoms with Gasteiger partial charge in [0.25, 0.3) is 5.78 Å². The lowest BCUT2D eigenvalue weighted by Crippen LogP contribution is -2.36. The van der Waals surface area contributed by atoms with Crippen LogP contribution in [-0.2, 0) is 4.79 Å². The first-order chi connectivity index (χ1) is 12.5. The summed E-state index contributed by atoms with van der Waals surface area (Å²) >= 11 is 3.16. The average molecular weight is 386 g/mol. The summed E-state index contributed by atoms with van der Waals surface area (Å²) in [5.41, 5.74) is 4.09. The minimum atomic E-state index is 0.0821. The highest BCUT2D eigenvalue weighted by Gasteiger charge is 2.23. The number of hydrogen-bond acceptors (Lipinski definition) is 6. The number of hydrogen-bond donors (Lipinski definition) is 0. The Morgan fingerprint density at radius 3 is 2.88 bits per heavy atom. The van der Waals surface area contributed by atoms with Gasteiger partial charge in [-0.05, 0) is 38.5 Å². The molecule has 8 heteroatoms. The molecular formula is C18H19N5OS2. The summed E-state index contributed by atoms with van der Waals surface area (Å²) in [6.07, 6.45) is 0. The van der Waals surface area contributed by atoms with E-state index in [1.165, 1.54) is 11.8 Å². The molecule has 1 aromatic carbocycles. The van der Waals surface area contributed by atoms with Crippen molar-refractivity contribution in [2.45, 2.75) is 30.8 Å². The highest BCUT2D eigenvalue weighted by molar-refractivity contribution is 8.00. The van der Waals surface area contributed by atoms with E-state index in [-0.39, 0.29) is 5.91 Å². The Hall–Kier alpha value is -2.06. The van der Waals surface area contributed by atoms with Crippen molar-refractivity contribution in [1.29, 1.82) is 0 Å². The number of aryl methyl sites for hydroxylation is 2. The smallest absolute Gasteiger partial charge is 0.253 e. The molecule has 0 N–H and O–H groups in total. The molecule has 3 heterocycles. The summed E-state index contributed by atoms with van der Waals surface area (Å²) in [6, 6.07) is 8.05. The quantitative estimate of drug-likeness (QED) is 0.645. The minimum absolute atomic E-state index is 0.0821. The fraction of sp³-hybridized carbons (Fsp3) is 0.333. The number of nitrogens with zero attached hydrogens (tertiary/aromatic N) is 5. The van der Waals surface area contributed by atoms with E-state index in [1.54, 1.807) is 16.3 Å². The van der Waals surface area contributed by atoms with Crippen LogP contribution in [0.15, 0.2) is 34.3 Å². The third-order valence-electron chi connectivity index (χ3n) is 4.60. The van der Waals surface area contributed by atoms with Gasteiger partial charge >= 0.3 is 0 Å². The Kier molecular flexibility index (Phi) is 4.62. The van der Waals surface area contributed by atoms with Crippen LogP contribution in [0.1, 0.15) is 17.0 Å². The number of fused-ring (bicyclic) bond motifs is 2. The maximum atomic E-state index is 12.7.